The summed E-state index contributed by atoms with van der Waals surface area (Å²) in [5, 5.41) is 31.6. The minimum Gasteiger partial charge on any atom is -0.394 e. The number of aliphatic hydroxyl groups is 2. The summed E-state index contributed by atoms with van der Waals surface area (Å²) in [4.78, 5) is 106. The van der Waals surface area contributed by atoms with Crippen molar-refractivity contribution >= 4 is 47.6 Å². The topological polar surface area (TPSA) is 247 Å². The Labute approximate surface area is 284 Å². The van der Waals surface area contributed by atoms with Crippen molar-refractivity contribution < 1.29 is 48.6 Å². The van der Waals surface area contributed by atoms with E-state index < -0.39 is 91.6 Å². The monoisotopic (exact) mass is 692 g/mol. The van der Waals surface area contributed by atoms with Crippen LogP contribution in [-0.4, -0.2) is 161 Å². The molecule has 7 amide bonds. The van der Waals surface area contributed by atoms with E-state index in [9.17, 15) is 48.6 Å². The Morgan fingerprint density at radius 2 is 1.35 bits per heavy atom. The molecule has 0 aromatic carbocycles. The zero-order valence-corrected chi connectivity index (χ0v) is 27.7. The predicted octanol–water partition coefficient (Wildman–Crippen LogP) is -4.51. The third-order valence-corrected chi connectivity index (χ3v) is 9.56. The number of hydrogen-bond donors (Lipinski definition) is 7. The third kappa shape index (κ3) is 9.10. The first-order chi connectivity index (χ1) is 23.5. The Morgan fingerprint density at radius 1 is 0.755 bits per heavy atom. The van der Waals surface area contributed by atoms with Crippen LogP contribution in [-0.2, 0) is 38.4 Å². The molecule has 0 unspecified atom stereocenters. The van der Waals surface area contributed by atoms with Gasteiger partial charge >= 0.3 is 0 Å². The first-order valence-corrected chi connectivity index (χ1v) is 17.0. The standard InChI is InChI=1S/C31H48N8O10/c1-18(34-25(43)14-33-26(44)21(16-41)35-28(46)22(17-42)36-27(45)20-7-2-10-32-20)29(47)38-12-4-9-24(38)31(49)39-13-5-8-23(39)30(48)37-11-3-6-19(37)15-40/h15,18-24,32,41-42H,2-14,16-17H2,1H3,(H,33,44)(H,34,43)(H,35,46)(H,36,45)/t18-,19-,20-,21-,22-,23-,24-/m0/s1. The minimum atomic E-state index is -1.50. The van der Waals surface area contributed by atoms with Gasteiger partial charge in [0.2, 0.25) is 41.4 Å². The lowest BCUT2D eigenvalue weighted by Crippen LogP contribution is -2.58. The summed E-state index contributed by atoms with van der Waals surface area (Å²) < 4.78 is 0. The summed E-state index contributed by atoms with van der Waals surface area (Å²) in [6, 6.07) is -6.43. The van der Waals surface area contributed by atoms with Crippen LogP contribution in [0, 0.1) is 0 Å². The molecule has 0 bridgehead atoms. The molecule has 7 N–H and O–H groups in total. The number of carbonyl (C=O) groups is 8. The second kappa shape index (κ2) is 17.5. The lowest BCUT2D eigenvalue weighted by Gasteiger charge is -2.34. The fourth-order valence-corrected chi connectivity index (χ4v) is 6.90. The molecule has 49 heavy (non-hydrogen) atoms. The van der Waals surface area contributed by atoms with Crippen LogP contribution in [0.5, 0.6) is 0 Å². The summed E-state index contributed by atoms with van der Waals surface area (Å²) in [5.74, 6) is -4.16. The van der Waals surface area contributed by atoms with E-state index in [1.54, 1.807) is 0 Å². The maximum atomic E-state index is 13.7. The molecule has 0 spiro atoms. The summed E-state index contributed by atoms with van der Waals surface area (Å²) in [5.41, 5.74) is 0. The van der Waals surface area contributed by atoms with Gasteiger partial charge in [0.1, 0.15) is 36.5 Å². The lowest BCUT2D eigenvalue weighted by molar-refractivity contribution is -0.150. The number of carbonyl (C=O) groups excluding carboxylic acids is 8. The second-order valence-electron chi connectivity index (χ2n) is 12.9. The van der Waals surface area contributed by atoms with Gasteiger partial charge in [-0.3, -0.25) is 33.6 Å². The van der Waals surface area contributed by atoms with E-state index in [1.807, 2.05) is 0 Å². The van der Waals surface area contributed by atoms with Crippen molar-refractivity contribution in [3.63, 3.8) is 0 Å². The molecular formula is C31H48N8O10. The summed E-state index contributed by atoms with van der Waals surface area (Å²) in [6.45, 7) is 1.00. The highest BCUT2D eigenvalue weighted by atomic mass is 16.3. The summed E-state index contributed by atoms with van der Waals surface area (Å²) in [7, 11) is 0. The van der Waals surface area contributed by atoms with Crippen LogP contribution in [0.25, 0.3) is 0 Å². The Hall–Kier alpha value is -4.16. The molecule has 4 aliphatic heterocycles. The van der Waals surface area contributed by atoms with Gasteiger partial charge in [0.25, 0.3) is 0 Å². The number of nitrogens with zero attached hydrogens (tertiary/aromatic N) is 3. The molecule has 0 radical (unpaired) electrons. The van der Waals surface area contributed by atoms with Gasteiger partial charge in [-0.1, -0.05) is 0 Å². The normalized spacial score (nSPS) is 25.3. The molecular weight excluding hydrogens is 644 g/mol. The van der Waals surface area contributed by atoms with Crippen LogP contribution in [0.1, 0.15) is 58.3 Å². The zero-order chi connectivity index (χ0) is 35.7. The highest BCUT2D eigenvalue weighted by Crippen LogP contribution is 2.28. The summed E-state index contributed by atoms with van der Waals surface area (Å²) >= 11 is 0. The first kappa shape index (κ1) is 37.7. The largest absolute Gasteiger partial charge is 0.394 e. The van der Waals surface area contributed by atoms with Gasteiger partial charge in [-0.2, -0.15) is 0 Å². The van der Waals surface area contributed by atoms with Crippen LogP contribution in [0.15, 0.2) is 0 Å². The van der Waals surface area contributed by atoms with Crippen LogP contribution in [0.3, 0.4) is 0 Å². The summed E-state index contributed by atoms with van der Waals surface area (Å²) in [6.07, 6.45) is 5.48. The van der Waals surface area contributed by atoms with Crippen LogP contribution in [0.2, 0.25) is 0 Å². The fraction of sp³-hybridized carbons (Fsp3) is 0.742. The Bertz CT molecular complexity index is 1280. The van der Waals surface area contributed by atoms with Gasteiger partial charge < -0.3 is 56.3 Å². The Morgan fingerprint density at radius 3 is 1.98 bits per heavy atom. The average molecular weight is 693 g/mol. The number of aliphatic hydroxyl groups excluding tert-OH is 2. The predicted molar refractivity (Wildman–Crippen MR) is 170 cm³/mol. The fourth-order valence-electron chi connectivity index (χ4n) is 6.90. The Kier molecular flexibility index (Phi) is 13.4. The van der Waals surface area contributed by atoms with Gasteiger partial charge in [-0.15, -0.1) is 0 Å². The molecule has 0 aromatic rings. The highest BCUT2D eigenvalue weighted by molar-refractivity contribution is 5.97. The van der Waals surface area contributed by atoms with Gasteiger partial charge in [-0.05, 0) is 64.8 Å². The van der Waals surface area contributed by atoms with Crippen molar-refractivity contribution in [3.8, 4) is 0 Å². The van der Waals surface area contributed by atoms with Crippen molar-refractivity contribution in [1.29, 1.82) is 0 Å². The first-order valence-electron chi connectivity index (χ1n) is 17.0. The smallest absolute Gasteiger partial charge is 0.246 e. The molecule has 4 fully saturated rings. The van der Waals surface area contributed by atoms with Crippen LogP contribution in [0.4, 0.5) is 0 Å². The molecule has 4 saturated heterocycles. The van der Waals surface area contributed by atoms with Crippen LogP contribution < -0.4 is 26.6 Å². The van der Waals surface area contributed by atoms with E-state index in [0.717, 1.165) is 19.1 Å². The third-order valence-electron chi connectivity index (χ3n) is 9.56. The zero-order valence-electron chi connectivity index (χ0n) is 27.7. The minimum absolute atomic E-state index is 0.251. The van der Waals surface area contributed by atoms with Crippen molar-refractivity contribution in [2.24, 2.45) is 0 Å². The molecule has 0 aliphatic carbocycles. The maximum Gasteiger partial charge on any atom is 0.246 e. The van der Waals surface area contributed by atoms with E-state index in [1.165, 1.54) is 21.6 Å². The molecule has 272 valence electrons. The van der Waals surface area contributed by atoms with Gasteiger partial charge in [0, 0.05) is 19.6 Å². The van der Waals surface area contributed by atoms with E-state index >= 15 is 0 Å². The molecule has 0 aromatic heterocycles. The highest BCUT2D eigenvalue weighted by Gasteiger charge is 2.45. The van der Waals surface area contributed by atoms with Crippen molar-refractivity contribution in [1.82, 2.24) is 41.3 Å². The van der Waals surface area contributed by atoms with Gasteiger partial charge in [0.15, 0.2) is 0 Å². The number of rotatable bonds is 14. The van der Waals surface area contributed by atoms with E-state index in [0.29, 0.717) is 58.2 Å². The maximum absolute atomic E-state index is 13.7. The molecule has 4 heterocycles. The van der Waals surface area contributed by atoms with Gasteiger partial charge in [-0.25, -0.2) is 0 Å². The lowest BCUT2D eigenvalue weighted by atomic mass is 10.1. The molecule has 18 heteroatoms. The van der Waals surface area contributed by atoms with E-state index in [-0.39, 0.29) is 18.4 Å². The SMILES string of the molecule is C[C@H](NC(=O)CNC(=O)[C@H](CO)NC(=O)[C@H](CO)NC(=O)[C@@H]1CCCN1)C(=O)N1CCC[C@H]1C(=O)N1CCC[C@H]1C(=O)N1CCC[C@H]1C=O. The molecule has 4 rings (SSSR count). The van der Waals surface area contributed by atoms with E-state index in [4.69, 9.17) is 0 Å². The molecule has 0 saturated carbocycles. The van der Waals surface area contributed by atoms with Crippen LogP contribution >= 0.6 is 0 Å². The van der Waals surface area contributed by atoms with E-state index in [2.05, 4.69) is 26.6 Å². The van der Waals surface area contributed by atoms with Crippen molar-refractivity contribution in [2.75, 3.05) is 45.9 Å². The number of likely N-dealkylation sites (tertiary alicyclic amines) is 3. The van der Waals surface area contributed by atoms with Crippen molar-refractivity contribution in [3.05, 3.63) is 0 Å². The van der Waals surface area contributed by atoms with Crippen molar-refractivity contribution in [2.45, 2.75) is 101 Å². The quantitative estimate of drug-likeness (QED) is 0.0855. The average Bonchev–Trinajstić information content (AvgIpc) is 3.93. The molecule has 7 atom stereocenters. The molecule has 4 aliphatic rings. The number of amides is 7. The number of aldehydes is 1. The Balaban J connectivity index is 1.25. The van der Waals surface area contributed by atoms with Gasteiger partial charge in [0.05, 0.1) is 31.8 Å². The number of hydrogen-bond acceptors (Lipinski definition) is 11. The number of nitrogens with one attached hydrogen (secondary N) is 5. The molecule has 18 nitrogen and oxygen atoms in total. The second-order valence-corrected chi connectivity index (χ2v) is 12.9.